The summed E-state index contributed by atoms with van der Waals surface area (Å²) in [6.07, 6.45) is 9.99. The zero-order valence-corrected chi connectivity index (χ0v) is 12.6. The van der Waals surface area contributed by atoms with Crippen molar-refractivity contribution in [2.24, 2.45) is 5.92 Å². The number of nitrogens with zero attached hydrogens (tertiary/aromatic N) is 1. The van der Waals surface area contributed by atoms with Crippen LogP contribution in [0.1, 0.15) is 51.9 Å². The molecule has 0 radical (unpaired) electrons. The summed E-state index contributed by atoms with van der Waals surface area (Å²) in [7, 11) is 0. The van der Waals surface area contributed by atoms with Gasteiger partial charge in [-0.3, -0.25) is 9.63 Å². The molecule has 1 unspecified atom stereocenters. The number of ether oxygens (including phenoxy) is 1. The number of piperidine rings is 1. The molecule has 2 saturated heterocycles. The summed E-state index contributed by atoms with van der Waals surface area (Å²) in [5, 5.41) is 2.25. The maximum absolute atomic E-state index is 10.8. The van der Waals surface area contributed by atoms with E-state index >= 15 is 0 Å². The first-order valence-corrected chi connectivity index (χ1v) is 7.88. The van der Waals surface area contributed by atoms with E-state index in [4.69, 9.17) is 9.57 Å². The molecule has 2 heterocycles. The highest BCUT2D eigenvalue weighted by molar-refractivity contribution is 5.65. The lowest BCUT2D eigenvalue weighted by Crippen LogP contribution is -2.44. The number of esters is 1. The SMILES string of the molecule is C=CCCC[C@H]1CC[C@H]2CON1[C@@H]2CCCOC(C)=O. The van der Waals surface area contributed by atoms with Gasteiger partial charge in [0.15, 0.2) is 0 Å². The lowest BCUT2D eigenvalue weighted by Gasteiger charge is -2.37. The van der Waals surface area contributed by atoms with E-state index in [9.17, 15) is 4.79 Å². The molecule has 2 bridgehead atoms. The molecule has 2 aliphatic rings. The van der Waals surface area contributed by atoms with Crippen LogP contribution in [-0.2, 0) is 14.4 Å². The van der Waals surface area contributed by atoms with Crippen LogP contribution in [0.3, 0.4) is 0 Å². The fraction of sp³-hybridized carbons (Fsp3) is 0.812. The second-order valence-electron chi connectivity index (χ2n) is 5.92. The summed E-state index contributed by atoms with van der Waals surface area (Å²) in [4.78, 5) is 16.7. The van der Waals surface area contributed by atoms with Gasteiger partial charge in [0.1, 0.15) is 0 Å². The molecule has 2 fully saturated rings. The fourth-order valence-electron chi connectivity index (χ4n) is 3.42. The number of unbranched alkanes of at least 4 members (excludes halogenated alkanes) is 1. The highest BCUT2D eigenvalue weighted by Gasteiger charge is 2.42. The van der Waals surface area contributed by atoms with Gasteiger partial charge in [0, 0.05) is 24.9 Å². The van der Waals surface area contributed by atoms with Gasteiger partial charge in [-0.1, -0.05) is 6.08 Å². The molecule has 0 spiro atoms. The summed E-state index contributed by atoms with van der Waals surface area (Å²) in [5.74, 6) is 0.485. The Morgan fingerprint density at radius 3 is 3.00 bits per heavy atom. The van der Waals surface area contributed by atoms with E-state index in [-0.39, 0.29) is 5.97 Å². The van der Waals surface area contributed by atoms with Crippen molar-refractivity contribution in [3.63, 3.8) is 0 Å². The summed E-state index contributed by atoms with van der Waals surface area (Å²) in [6, 6.07) is 1.08. The Hall–Kier alpha value is -0.870. The summed E-state index contributed by atoms with van der Waals surface area (Å²) in [6.45, 7) is 6.65. The fourth-order valence-corrected chi connectivity index (χ4v) is 3.42. The number of hydrogen-bond donors (Lipinski definition) is 0. The van der Waals surface area contributed by atoms with E-state index in [1.165, 1.54) is 32.6 Å². The zero-order chi connectivity index (χ0) is 14.4. The number of hydrogen-bond acceptors (Lipinski definition) is 4. The lowest BCUT2D eigenvalue weighted by atomic mass is 9.85. The standard InChI is InChI=1S/C16H27NO3/c1-3-4-5-7-15-10-9-14-12-20-17(15)16(14)8-6-11-19-13(2)18/h3,14-16H,1,4-12H2,2H3/t14-,15-,16+/m0/s1. The molecule has 0 aromatic heterocycles. The van der Waals surface area contributed by atoms with Crippen LogP contribution in [0, 0.1) is 5.92 Å². The minimum atomic E-state index is -0.185. The van der Waals surface area contributed by atoms with E-state index in [1.54, 1.807) is 0 Å². The van der Waals surface area contributed by atoms with Gasteiger partial charge in [-0.2, -0.15) is 5.06 Å². The molecular formula is C16H27NO3. The average molecular weight is 281 g/mol. The molecule has 4 atom stereocenters. The molecule has 0 N–H and O–H groups in total. The van der Waals surface area contributed by atoms with E-state index in [0.717, 1.165) is 25.9 Å². The minimum absolute atomic E-state index is 0.185. The highest BCUT2D eigenvalue weighted by Crippen LogP contribution is 2.38. The van der Waals surface area contributed by atoms with Crippen molar-refractivity contribution in [1.29, 1.82) is 0 Å². The molecule has 114 valence electrons. The Balaban J connectivity index is 1.76. The van der Waals surface area contributed by atoms with Gasteiger partial charge in [0.25, 0.3) is 0 Å². The van der Waals surface area contributed by atoms with Gasteiger partial charge in [0.2, 0.25) is 0 Å². The number of rotatable bonds is 8. The second-order valence-corrected chi connectivity index (χ2v) is 5.92. The first kappa shape index (κ1) is 15.5. The molecule has 20 heavy (non-hydrogen) atoms. The predicted molar refractivity (Wildman–Crippen MR) is 78.0 cm³/mol. The summed E-state index contributed by atoms with van der Waals surface area (Å²) < 4.78 is 5.02. The molecular weight excluding hydrogens is 254 g/mol. The van der Waals surface area contributed by atoms with Crippen molar-refractivity contribution in [3.8, 4) is 0 Å². The van der Waals surface area contributed by atoms with E-state index < -0.39 is 0 Å². The van der Waals surface area contributed by atoms with Gasteiger partial charge < -0.3 is 4.74 Å². The van der Waals surface area contributed by atoms with Crippen molar-refractivity contribution in [2.75, 3.05) is 13.2 Å². The third-order valence-electron chi connectivity index (χ3n) is 4.43. The second kappa shape index (κ2) is 7.79. The van der Waals surface area contributed by atoms with Gasteiger partial charge in [-0.25, -0.2) is 0 Å². The number of carbonyl (C=O) groups is 1. The van der Waals surface area contributed by atoms with Gasteiger partial charge in [-0.05, 0) is 44.9 Å². The maximum atomic E-state index is 10.8. The van der Waals surface area contributed by atoms with E-state index in [0.29, 0.717) is 24.6 Å². The summed E-state index contributed by atoms with van der Waals surface area (Å²) in [5.41, 5.74) is 0. The molecule has 0 aromatic carbocycles. The molecule has 0 aliphatic carbocycles. The molecule has 4 heteroatoms. The Morgan fingerprint density at radius 1 is 1.40 bits per heavy atom. The third kappa shape index (κ3) is 4.06. The van der Waals surface area contributed by atoms with Crippen molar-refractivity contribution in [1.82, 2.24) is 5.06 Å². The normalized spacial score (nSPS) is 32.0. The first-order valence-electron chi connectivity index (χ1n) is 7.88. The largest absolute Gasteiger partial charge is 0.466 e. The topological polar surface area (TPSA) is 38.8 Å². The van der Waals surface area contributed by atoms with Gasteiger partial charge >= 0.3 is 5.97 Å². The van der Waals surface area contributed by atoms with Crippen LogP contribution in [0.5, 0.6) is 0 Å². The quantitative estimate of drug-likeness (QED) is 0.389. The monoisotopic (exact) mass is 281 g/mol. The van der Waals surface area contributed by atoms with E-state index in [2.05, 4.69) is 11.6 Å². The molecule has 0 aromatic rings. The van der Waals surface area contributed by atoms with Crippen LogP contribution in [0.25, 0.3) is 0 Å². The molecule has 0 amide bonds. The van der Waals surface area contributed by atoms with Crippen molar-refractivity contribution in [2.45, 2.75) is 64.0 Å². The molecule has 0 saturated carbocycles. The van der Waals surface area contributed by atoms with Crippen molar-refractivity contribution >= 4 is 5.97 Å². The Bertz CT molecular complexity index is 332. The molecule has 2 aliphatic heterocycles. The van der Waals surface area contributed by atoms with Crippen LogP contribution in [0.2, 0.25) is 0 Å². The zero-order valence-electron chi connectivity index (χ0n) is 12.6. The Labute approximate surface area is 122 Å². The predicted octanol–water partition coefficient (Wildman–Crippen LogP) is 3.08. The number of hydroxylamine groups is 2. The smallest absolute Gasteiger partial charge is 0.302 e. The molecule has 4 nitrogen and oxygen atoms in total. The average Bonchev–Trinajstić information content (AvgIpc) is 2.70. The van der Waals surface area contributed by atoms with Gasteiger partial charge in [0.05, 0.1) is 13.2 Å². The van der Waals surface area contributed by atoms with Crippen molar-refractivity contribution in [3.05, 3.63) is 12.7 Å². The van der Waals surface area contributed by atoms with Gasteiger partial charge in [-0.15, -0.1) is 6.58 Å². The number of carbonyl (C=O) groups excluding carboxylic acids is 1. The third-order valence-corrected chi connectivity index (χ3v) is 4.43. The Morgan fingerprint density at radius 2 is 2.25 bits per heavy atom. The Kier molecular flexibility index (Phi) is 6.05. The molecule has 2 rings (SSSR count). The minimum Gasteiger partial charge on any atom is -0.466 e. The highest BCUT2D eigenvalue weighted by atomic mass is 16.7. The number of fused-ring (bicyclic) bond motifs is 2. The first-order chi connectivity index (χ1) is 9.72. The van der Waals surface area contributed by atoms with Crippen LogP contribution >= 0.6 is 0 Å². The summed E-state index contributed by atoms with van der Waals surface area (Å²) >= 11 is 0. The maximum Gasteiger partial charge on any atom is 0.302 e. The lowest BCUT2D eigenvalue weighted by molar-refractivity contribution is -0.170. The van der Waals surface area contributed by atoms with E-state index in [1.807, 2.05) is 6.08 Å². The van der Waals surface area contributed by atoms with Crippen LogP contribution in [-0.4, -0.2) is 36.3 Å². The number of allylic oxidation sites excluding steroid dienone is 1. The van der Waals surface area contributed by atoms with Crippen LogP contribution in [0.4, 0.5) is 0 Å². The van der Waals surface area contributed by atoms with Crippen LogP contribution in [0.15, 0.2) is 12.7 Å². The van der Waals surface area contributed by atoms with Crippen molar-refractivity contribution < 1.29 is 14.4 Å². The van der Waals surface area contributed by atoms with Crippen LogP contribution < -0.4 is 0 Å².